The molecule has 0 fully saturated rings. The highest BCUT2D eigenvalue weighted by Crippen LogP contribution is 2.25. The third-order valence-corrected chi connectivity index (χ3v) is 4.58. The number of rotatable bonds is 5. The minimum Gasteiger partial charge on any atom is -0.378 e. The molecule has 3 aromatic rings. The second-order valence-corrected chi connectivity index (χ2v) is 6.71. The lowest BCUT2D eigenvalue weighted by Crippen LogP contribution is -2.10. The molecule has 3 nitrogen and oxygen atoms in total. The van der Waals surface area contributed by atoms with Crippen LogP contribution in [0.15, 0.2) is 72.8 Å². The number of aryl methyl sites for hydroxylation is 1. The van der Waals surface area contributed by atoms with Crippen molar-refractivity contribution in [2.45, 2.75) is 6.92 Å². The first-order valence-electron chi connectivity index (χ1n) is 8.68. The van der Waals surface area contributed by atoms with Gasteiger partial charge in [-0.05, 0) is 67.6 Å². The van der Waals surface area contributed by atoms with Crippen LogP contribution in [0.4, 0.5) is 17.1 Å². The lowest BCUT2D eigenvalue weighted by atomic mass is 10.0. The van der Waals surface area contributed by atoms with Crippen molar-refractivity contribution in [2.75, 3.05) is 30.9 Å². The highest BCUT2D eigenvalue weighted by molar-refractivity contribution is 6.09. The summed E-state index contributed by atoms with van der Waals surface area (Å²) in [6.45, 7) is 2.08. The lowest BCUT2D eigenvalue weighted by molar-refractivity contribution is 0.103. The minimum absolute atomic E-state index is 0.0415. The maximum atomic E-state index is 12.7. The Morgan fingerprint density at radius 3 is 1.42 bits per heavy atom. The average molecular weight is 344 g/mol. The molecule has 0 N–H and O–H groups in total. The summed E-state index contributed by atoms with van der Waals surface area (Å²) in [5.74, 6) is 0.0415. The summed E-state index contributed by atoms with van der Waals surface area (Å²) in [5, 5.41) is 0. The van der Waals surface area contributed by atoms with Gasteiger partial charge < -0.3 is 9.80 Å². The molecule has 3 rings (SSSR count). The van der Waals surface area contributed by atoms with Crippen molar-refractivity contribution in [2.24, 2.45) is 0 Å². The Labute approximate surface area is 155 Å². The van der Waals surface area contributed by atoms with E-state index in [2.05, 4.69) is 36.1 Å². The van der Waals surface area contributed by atoms with Gasteiger partial charge in [-0.25, -0.2) is 0 Å². The van der Waals surface area contributed by atoms with Crippen molar-refractivity contribution in [3.8, 4) is 0 Å². The number of benzene rings is 3. The minimum atomic E-state index is 0.0415. The third kappa shape index (κ3) is 3.77. The molecular formula is C23H24N2O. The van der Waals surface area contributed by atoms with E-state index in [9.17, 15) is 4.79 Å². The molecule has 0 saturated heterocycles. The summed E-state index contributed by atoms with van der Waals surface area (Å²) >= 11 is 0. The number of hydrogen-bond donors (Lipinski definition) is 0. The Morgan fingerprint density at radius 2 is 1.00 bits per heavy atom. The van der Waals surface area contributed by atoms with E-state index in [-0.39, 0.29) is 5.78 Å². The maximum Gasteiger partial charge on any atom is 0.193 e. The molecule has 0 amide bonds. The number of carbonyl (C=O) groups is 1. The van der Waals surface area contributed by atoms with E-state index in [1.54, 1.807) is 0 Å². The van der Waals surface area contributed by atoms with Crippen molar-refractivity contribution in [3.05, 3.63) is 89.5 Å². The van der Waals surface area contributed by atoms with Crippen LogP contribution in [-0.2, 0) is 0 Å². The van der Waals surface area contributed by atoms with Gasteiger partial charge in [0.2, 0.25) is 0 Å². The summed E-state index contributed by atoms with van der Waals surface area (Å²) in [6.07, 6.45) is 0. The summed E-state index contributed by atoms with van der Waals surface area (Å²) in [6, 6.07) is 23.8. The van der Waals surface area contributed by atoms with Crippen LogP contribution in [0.1, 0.15) is 21.5 Å². The van der Waals surface area contributed by atoms with E-state index in [1.165, 1.54) is 5.56 Å². The topological polar surface area (TPSA) is 23.6 Å². The highest BCUT2D eigenvalue weighted by atomic mass is 16.1. The van der Waals surface area contributed by atoms with Crippen LogP contribution in [-0.4, -0.2) is 26.9 Å². The van der Waals surface area contributed by atoms with Crippen LogP contribution in [0.3, 0.4) is 0 Å². The van der Waals surface area contributed by atoms with Gasteiger partial charge in [-0.2, -0.15) is 0 Å². The van der Waals surface area contributed by atoms with Gasteiger partial charge in [0.25, 0.3) is 0 Å². The summed E-state index contributed by atoms with van der Waals surface area (Å²) in [5.41, 5.74) is 5.89. The smallest absolute Gasteiger partial charge is 0.193 e. The Hall–Kier alpha value is -3.07. The predicted molar refractivity (Wildman–Crippen MR) is 110 cm³/mol. The van der Waals surface area contributed by atoms with Gasteiger partial charge in [0, 0.05) is 49.3 Å². The van der Waals surface area contributed by atoms with E-state index >= 15 is 0 Å². The van der Waals surface area contributed by atoms with Crippen LogP contribution in [0.5, 0.6) is 0 Å². The van der Waals surface area contributed by atoms with Gasteiger partial charge >= 0.3 is 0 Å². The van der Waals surface area contributed by atoms with Gasteiger partial charge in [0.15, 0.2) is 5.78 Å². The first-order chi connectivity index (χ1) is 12.5. The molecule has 132 valence electrons. The largest absolute Gasteiger partial charge is 0.378 e. The second kappa shape index (κ2) is 7.44. The quantitative estimate of drug-likeness (QED) is 0.604. The Bertz CT molecular complexity index is 879. The summed E-state index contributed by atoms with van der Waals surface area (Å²) in [7, 11) is 6.00. The summed E-state index contributed by atoms with van der Waals surface area (Å²) in [4.78, 5) is 16.8. The van der Waals surface area contributed by atoms with Crippen molar-refractivity contribution in [1.82, 2.24) is 0 Å². The molecule has 26 heavy (non-hydrogen) atoms. The zero-order valence-corrected chi connectivity index (χ0v) is 15.7. The predicted octanol–water partition coefficient (Wildman–Crippen LogP) is 5.06. The SMILES string of the molecule is Cc1ccc(N(C)c2ccc(C(=O)c3ccc(N(C)C)cc3)cc2)cc1. The fraction of sp³-hybridized carbons (Fsp3) is 0.174. The van der Waals surface area contributed by atoms with Crippen LogP contribution < -0.4 is 9.80 Å². The molecule has 0 bridgehead atoms. The second-order valence-electron chi connectivity index (χ2n) is 6.71. The van der Waals surface area contributed by atoms with Crippen molar-refractivity contribution < 1.29 is 4.79 Å². The molecular weight excluding hydrogens is 320 g/mol. The number of hydrogen-bond acceptors (Lipinski definition) is 3. The number of ketones is 1. The molecule has 0 spiro atoms. The van der Waals surface area contributed by atoms with Crippen LogP contribution in [0, 0.1) is 6.92 Å². The molecule has 0 aliphatic heterocycles. The maximum absolute atomic E-state index is 12.7. The molecule has 0 heterocycles. The fourth-order valence-corrected chi connectivity index (χ4v) is 2.83. The van der Waals surface area contributed by atoms with Crippen LogP contribution in [0.25, 0.3) is 0 Å². The third-order valence-electron chi connectivity index (χ3n) is 4.58. The molecule has 3 heteroatoms. The lowest BCUT2D eigenvalue weighted by Gasteiger charge is -2.20. The van der Waals surface area contributed by atoms with Crippen LogP contribution >= 0.6 is 0 Å². The Morgan fingerprint density at radius 1 is 0.615 bits per heavy atom. The number of carbonyl (C=O) groups excluding carboxylic acids is 1. The van der Waals surface area contributed by atoms with Crippen molar-refractivity contribution in [3.63, 3.8) is 0 Å². The van der Waals surface area contributed by atoms with E-state index in [0.29, 0.717) is 11.1 Å². The average Bonchev–Trinajstić information content (AvgIpc) is 2.67. The van der Waals surface area contributed by atoms with Gasteiger partial charge in [0.05, 0.1) is 0 Å². The standard InChI is InChI=1S/C23H24N2O/c1-17-5-11-21(12-6-17)25(4)22-15-9-19(10-16-22)23(26)18-7-13-20(14-8-18)24(2)3/h5-16H,1-4H3. The zero-order valence-electron chi connectivity index (χ0n) is 15.7. The van der Waals surface area contributed by atoms with Crippen molar-refractivity contribution >= 4 is 22.8 Å². The first kappa shape index (κ1) is 17.7. The van der Waals surface area contributed by atoms with Crippen molar-refractivity contribution in [1.29, 1.82) is 0 Å². The Kier molecular flexibility index (Phi) is 5.08. The van der Waals surface area contributed by atoms with E-state index in [0.717, 1.165) is 17.1 Å². The zero-order chi connectivity index (χ0) is 18.7. The molecule has 0 saturated carbocycles. The van der Waals surface area contributed by atoms with E-state index in [1.807, 2.05) is 74.6 Å². The van der Waals surface area contributed by atoms with Crippen LogP contribution in [0.2, 0.25) is 0 Å². The summed E-state index contributed by atoms with van der Waals surface area (Å²) < 4.78 is 0. The monoisotopic (exact) mass is 344 g/mol. The van der Waals surface area contributed by atoms with E-state index < -0.39 is 0 Å². The highest BCUT2D eigenvalue weighted by Gasteiger charge is 2.10. The van der Waals surface area contributed by atoms with Gasteiger partial charge in [-0.15, -0.1) is 0 Å². The molecule has 0 aliphatic carbocycles. The van der Waals surface area contributed by atoms with Gasteiger partial charge in [0.1, 0.15) is 0 Å². The molecule has 0 unspecified atom stereocenters. The number of nitrogens with zero attached hydrogens (tertiary/aromatic N) is 2. The van der Waals surface area contributed by atoms with Gasteiger partial charge in [-0.1, -0.05) is 17.7 Å². The molecule has 3 aromatic carbocycles. The normalized spacial score (nSPS) is 10.5. The van der Waals surface area contributed by atoms with E-state index in [4.69, 9.17) is 0 Å². The fourth-order valence-electron chi connectivity index (χ4n) is 2.83. The van der Waals surface area contributed by atoms with Gasteiger partial charge in [-0.3, -0.25) is 4.79 Å². The molecule has 0 aliphatic rings. The Balaban J connectivity index is 1.78. The molecule has 0 aromatic heterocycles. The molecule has 0 radical (unpaired) electrons. The number of anilines is 3. The first-order valence-corrected chi connectivity index (χ1v) is 8.68. The molecule has 0 atom stereocenters.